The molecule has 0 saturated carbocycles. The van der Waals surface area contributed by atoms with Crippen molar-refractivity contribution >= 4 is 0 Å². The monoisotopic (exact) mass is 365 g/mol. The maximum Gasteiger partial charge on any atom is 0.416 e. The number of benzene rings is 2. The lowest BCUT2D eigenvalue weighted by atomic mass is 10.0. The number of morpholine rings is 1. The molecule has 1 fully saturated rings. The standard InChI is InChI=1S/C20H22F3NO2/c1-13-6-8-15(9-7-13)18-19(25-11-10-24-18)26-14(2)16-4-3-5-17(12-16)20(21,22)23/h3-9,12,14,18-19,24H,10-11H2,1-2H3/t14-,18+,19-/m1/s1. The third-order valence-electron chi connectivity index (χ3n) is 4.48. The van der Waals surface area contributed by atoms with Gasteiger partial charge in [0.15, 0.2) is 6.29 Å². The minimum absolute atomic E-state index is 0.169. The average molecular weight is 365 g/mol. The zero-order valence-electron chi connectivity index (χ0n) is 14.7. The number of rotatable bonds is 4. The number of halogens is 3. The summed E-state index contributed by atoms with van der Waals surface area (Å²) in [6.45, 7) is 4.93. The average Bonchev–Trinajstić information content (AvgIpc) is 2.62. The summed E-state index contributed by atoms with van der Waals surface area (Å²) < 4.78 is 50.5. The molecule has 6 heteroatoms. The van der Waals surface area contributed by atoms with Crippen LogP contribution in [0.1, 0.15) is 41.3 Å². The topological polar surface area (TPSA) is 30.5 Å². The molecule has 0 spiro atoms. The quantitative estimate of drug-likeness (QED) is 0.846. The number of ether oxygens (including phenoxy) is 2. The van der Waals surface area contributed by atoms with Gasteiger partial charge >= 0.3 is 6.18 Å². The van der Waals surface area contributed by atoms with E-state index in [1.807, 2.05) is 31.2 Å². The van der Waals surface area contributed by atoms with E-state index in [0.717, 1.165) is 23.3 Å². The molecule has 2 aromatic rings. The van der Waals surface area contributed by atoms with Crippen molar-refractivity contribution in [1.29, 1.82) is 0 Å². The highest BCUT2D eigenvalue weighted by molar-refractivity contribution is 5.27. The molecule has 0 bridgehead atoms. The molecule has 1 saturated heterocycles. The van der Waals surface area contributed by atoms with Crippen LogP contribution < -0.4 is 5.32 Å². The smallest absolute Gasteiger partial charge is 0.349 e. The van der Waals surface area contributed by atoms with E-state index in [-0.39, 0.29) is 6.04 Å². The summed E-state index contributed by atoms with van der Waals surface area (Å²) in [7, 11) is 0. The van der Waals surface area contributed by atoms with Crippen LogP contribution in [-0.2, 0) is 15.7 Å². The lowest BCUT2D eigenvalue weighted by Crippen LogP contribution is -2.43. The Morgan fingerprint density at radius 1 is 1.15 bits per heavy atom. The highest BCUT2D eigenvalue weighted by Crippen LogP contribution is 2.33. The molecule has 1 N–H and O–H groups in total. The summed E-state index contributed by atoms with van der Waals surface area (Å²) in [6.07, 6.45) is -5.48. The Bertz CT molecular complexity index is 731. The van der Waals surface area contributed by atoms with Gasteiger partial charge in [-0.05, 0) is 37.1 Å². The molecule has 26 heavy (non-hydrogen) atoms. The Kier molecular flexibility index (Phi) is 5.65. The molecule has 2 aromatic carbocycles. The van der Waals surface area contributed by atoms with Crippen molar-refractivity contribution in [2.45, 2.75) is 38.5 Å². The Labute approximate surface area is 151 Å². The summed E-state index contributed by atoms with van der Waals surface area (Å²) in [5, 5.41) is 3.37. The van der Waals surface area contributed by atoms with Crippen molar-refractivity contribution in [3.05, 3.63) is 70.8 Å². The number of hydrogen-bond acceptors (Lipinski definition) is 3. The fraction of sp³-hybridized carbons (Fsp3) is 0.400. The van der Waals surface area contributed by atoms with E-state index in [4.69, 9.17) is 9.47 Å². The molecule has 3 atom stereocenters. The second-order valence-electron chi connectivity index (χ2n) is 6.48. The van der Waals surface area contributed by atoms with Gasteiger partial charge in [-0.25, -0.2) is 0 Å². The van der Waals surface area contributed by atoms with Gasteiger partial charge in [-0.2, -0.15) is 13.2 Å². The molecule has 140 valence electrons. The van der Waals surface area contributed by atoms with Crippen molar-refractivity contribution in [2.75, 3.05) is 13.2 Å². The summed E-state index contributed by atoms with van der Waals surface area (Å²) in [5.41, 5.74) is 1.97. The van der Waals surface area contributed by atoms with E-state index in [0.29, 0.717) is 18.7 Å². The Balaban J connectivity index is 1.76. The Morgan fingerprint density at radius 3 is 2.58 bits per heavy atom. The van der Waals surface area contributed by atoms with Gasteiger partial charge in [0, 0.05) is 6.54 Å². The van der Waals surface area contributed by atoms with Crippen LogP contribution in [0.4, 0.5) is 13.2 Å². The predicted molar refractivity (Wildman–Crippen MR) is 92.6 cm³/mol. The van der Waals surface area contributed by atoms with E-state index < -0.39 is 24.1 Å². The van der Waals surface area contributed by atoms with Crippen LogP contribution in [0.15, 0.2) is 48.5 Å². The largest absolute Gasteiger partial charge is 0.416 e. The van der Waals surface area contributed by atoms with Gasteiger partial charge < -0.3 is 14.8 Å². The second-order valence-corrected chi connectivity index (χ2v) is 6.48. The van der Waals surface area contributed by atoms with E-state index >= 15 is 0 Å². The minimum atomic E-state index is -4.37. The molecular weight excluding hydrogens is 343 g/mol. The van der Waals surface area contributed by atoms with Crippen LogP contribution in [0, 0.1) is 6.92 Å². The van der Waals surface area contributed by atoms with Crippen molar-refractivity contribution in [3.63, 3.8) is 0 Å². The fourth-order valence-electron chi connectivity index (χ4n) is 3.00. The first-order chi connectivity index (χ1) is 12.3. The summed E-state index contributed by atoms with van der Waals surface area (Å²) in [5.74, 6) is 0. The Hall–Kier alpha value is -1.89. The summed E-state index contributed by atoms with van der Waals surface area (Å²) >= 11 is 0. The summed E-state index contributed by atoms with van der Waals surface area (Å²) in [6, 6.07) is 13.1. The molecule has 0 radical (unpaired) electrons. The lowest BCUT2D eigenvalue weighted by molar-refractivity contribution is -0.200. The molecule has 0 aliphatic carbocycles. The molecule has 3 nitrogen and oxygen atoms in total. The van der Waals surface area contributed by atoms with Crippen molar-refractivity contribution in [2.24, 2.45) is 0 Å². The highest BCUT2D eigenvalue weighted by atomic mass is 19.4. The van der Waals surface area contributed by atoms with Gasteiger partial charge in [0.1, 0.15) is 0 Å². The van der Waals surface area contributed by atoms with E-state index in [9.17, 15) is 13.2 Å². The van der Waals surface area contributed by atoms with Gasteiger partial charge in [-0.1, -0.05) is 42.0 Å². The van der Waals surface area contributed by atoms with Crippen LogP contribution in [0.5, 0.6) is 0 Å². The Morgan fingerprint density at radius 2 is 1.88 bits per heavy atom. The van der Waals surface area contributed by atoms with Gasteiger partial charge in [0.2, 0.25) is 0 Å². The van der Waals surface area contributed by atoms with Gasteiger partial charge in [0.25, 0.3) is 0 Å². The first kappa shape index (κ1) is 18.9. The molecule has 1 heterocycles. The maximum absolute atomic E-state index is 12.9. The second kappa shape index (κ2) is 7.78. The normalized spacial score (nSPS) is 22.2. The number of nitrogens with one attached hydrogen (secondary N) is 1. The highest BCUT2D eigenvalue weighted by Gasteiger charge is 2.32. The third kappa shape index (κ3) is 4.44. The van der Waals surface area contributed by atoms with Crippen molar-refractivity contribution in [3.8, 4) is 0 Å². The minimum Gasteiger partial charge on any atom is -0.349 e. The zero-order chi connectivity index (χ0) is 18.7. The van der Waals surface area contributed by atoms with Gasteiger partial charge in [-0.3, -0.25) is 0 Å². The van der Waals surface area contributed by atoms with E-state index in [1.54, 1.807) is 13.0 Å². The van der Waals surface area contributed by atoms with Crippen LogP contribution >= 0.6 is 0 Å². The number of hydrogen-bond donors (Lipinski definition) is 1. The first-order valence-corrected chi connectivity index (χ1v) is 8.59. The van der Waals surface area contributed by atoms with Gasteiger partial charge in [-0.15, -0.1) is 0 Å². The SMILES string of the molecule is Cc1ccc([C@@H]2NCCO[C@@H]2O[C@H](C)c2cccc(C(F)(F)F)c2)cc1. The first-order valence-electron chi connectivity index (χ1n) is 8.59. The molecule has 0 aromatic heterocycles. The molecular formula is C20H22F3NO2. The van der Waals surface area contributed by atoms with Crippen LogP contribution in [0.25, 0.3) is 0 Å². The van der Waals surface area contributed by atoms with Gasteiger partial charge in [0.05, 0.1) is 24.3 Å². The van der Waals surface area contributed by atoms with Crippen LogP contribution in [0.3, 0.4) is 0 Å². The van der Waals surface area contributed by atoms with Crippen molar-refractivity contribution < 1.29 is 22.6 Å². The molecule has 1 aliphatic rings. The van der Waals surface area contributed by atoms with E-state index in [1.165, 1.54) is 6.07 Å². The molecule has 3 rings (SSSR count). The predicted octanol–water partition coefficient (Wildman–Crippen LogP) is 4.78. The molecule has 1 aliphatic heterocycles. The summed E-state index contributed by atoms with van der Waals surface area (Å²) in [4.78, 5) is 0. The molecule has 0 amide bonds. The fourth-order valence-corrected chi connectivity index (χ4v) is 3.00. The number of aryl methyl sites for hydroxylation is 1. The van der Waals surface area contributed by atoms with Crippen LogP contribution in [-0.4, -0.2) is 19.4 Å². The zero-order valence-corrected chi connectivity index (χ0v) is 14.7. The number of alkyl halides is 3. The van der Waals surface area contributed by atoms with Crippen molar-refractivity contribution in [1.82, 2.24) is 5.32 Å². The van der Waals surface area contributed by atoms with E-state index in [2.05, 4.69) is 5.32 Å². The van der Waals surface area contributed by atoms with Crippen LogP contribution in [0.2, 0.25) is 0 Å². The lowest BCUT2D eigenvalue weighted by Gasteiger charge is -2.34. The maximum atomic E-state index is 12.9. The third-order valence-corrected chi connectivity index (χ3v) is 4.48. The molecule has 0 unspecified atom stereocenters.